The van der Waals surface area contributed by atoms with Crippen molar-refractivity contribution in [3.63, 3.8) is 0 Å². The van der Waals surface area contributed by atoms with E-state index in [1.165, 1.54) is 18.4 Å². The van der Waals surface area contributed by atoms with E-state index in [1.54, 1.807) is 0 Å². The molecule has 2 heterocycles. The SMILES string of the molecule is S=C(Nc1ccc(Cl)cc1)NC1C[C@H]2CC[C@@H](C1)N2Cc1ccccc1. The Kier molecular flexibility index (Phi) is 5.44. The molecule has 5 heteroatoms. The van der Waals surface area contributed by atoms with Crippen LogP contribution in [0, 0.1) is 0 Å². The van der Waals surface area contributed by atoms with E-state index in [2.05, 4.69) is 45.9 Å². The summed E-state index contributed by atoms with van der Waals surface area (Å²) in [4.78, 5) is 2.70. The molecule has 136 valence electrons. The third-order valence-corrected chi connectivity index (χ3v) is 6.00. The lowest BCUT2D eigenvalue weighted by molar-refractivity contribution is 0.115. The number of hydrogen-bond acceptors (Lipinski definition) is 2. The second kappa shape index (κ2) is 7.95. The summed E-state index contributed by atoms with van der Waals surface area (Å²) in [6.45, 7) is 1.07. The second-order valence-corrected chi connectivity index (χ2v) is 8.16. The lowest BCUT2D eigenvalue weighted by atomic mass is 9.96. The molecule has 2 bridgehead atoms. The zero-order valence-electron chi connectivity index (χ0n) is 14.7. The average molecular weight is 386 g/mol. The Balaban J connectivity index is 1.32. The fourth-order valence-corrected chi connectivity index (χ4v) is 4.74. The number of benzene rings is 2. The van der Waals surface area contributed by atoms with Gasteiger partial charge in [0.05, 0.1) is 0 Å². The van der Waals surface area contributed by atoms with E-state index in [0.29, 0.717) is 23.2 Å². The Hall–Kier alpha value is -1.62. The van der Waals surface area contributed by atoms with Gasteiger partial charge in [0.15, 0.2) is 5.11 Å². The molecular weight excluding hydrogens is 362 g/mol. The summed E-state index contributed by atoms with van der Waals surface area (Å²) in [6, 6.07) is 20.2. The number of nitrogens with one attached hydrogen (secondary N) is 2. The van der Waals surface area contributed by atoms with E-state index in [-0.39, 0.29) is 0 Å². The first-order valence-corrected chi connectivity index (χ1v) is 10.1. The molecule has 4 rings (SSSR count). The molecule has 2 aromatic carbocycles. The molecule has 0 aliphatic carbocycles. The molecule has 2 aromatic rings. The number of thiocarbonyl (C=S) groups is 1. The second-order valence-electron chi connectivity index (χ2n) is 7.32. The van der Waals surface area contributed by atoms with Gasteiger partial charge in [-0.25, -0.2) is 0 Å². The Morgan fingerprint density at radius 2 is 1.65 bits per heavy atom. The van der Waals surface area contributed by atoms with Crippen LogP contribution in [0.4, 0.5) is 5.69 Å². The van der Waals surface area contributed by atoms with Gasteiger partial charge in [-0.3, -0.25) is 4.90 Å². The van der Waals surface area contributed by atoms with E-state index in [4.69, 9.17) is 23.8 Å². The van der Waals surface area contributed by atoms with Gasteiger partial charge in [-0.15, -0.1) is 0 Å². The lowest BCUT2D eigenvalue weighted by Gasteiger charge is -2.39. The summed E-state index contributed by atoms with van der Waals surface area (Å²) in [5, 5.41) is 8.23. The molecule has 2 fully saturated rings. The van der Waals surface area contributed by atoms with Crippen LogP contribution in [0.5, 0.6) is 0 Å². The van der Waals surface area contributed by atoms with Crippen molar-refractivity contribution in [2.24, 2.45) is 0 Å². The van der Waals surface area contributed by atoms with Gasteiger partial charge >= 0.3 is 0 Å². The average Bonchev–Trinajstić information content (AvgIpc) is 2.87. The van der Waals surface area contributed by atoms with Gasteiger partial charge in [-0.05, 0) is 67.7 Å². The predicted octanol–water partition coefficient (Wildman–Crippen LogP) is 4.82. The Morgan fingerprint density at radius 1 is 1.00 bits per heavy atom. The monoisotopic (exact) mass is 385 g/mol. The van der Waals surface area contributed by atoms with Crippen molar-refractivity contribution in [3.8, 4) is 0 Å². The molecule has 26 heavy (non-hydrogen) atoms. The first-order chi connectivity index (χ1) is 12.7. The van der Waals surface area contributed by atoms with Crippen molar-refractivity contribution in [2.45, 2.75) is 50.4 Å². The molecule has 3 atom stereocenters. The first-order valence-electron chi connectivity index (χ1n) is 9.30. The van der Waals surface area contributed by atoms with E-state index < -0.39 is 0 Å². The fraction of sp³-hybridized carbons (Fsp3) is 0.381. The Bertz CT molecular complexity index is 736. The number of piperidine rings is 1. The third kappa shape index (κ3) is 4.20. The van der Waals surface area contributed by atoms with Gasteiger partial charge in [-0.2, -0.15) is 0 Å². The maximum absolute atomic E-state index is 5.93. The van der Waals surface area contributed by atoms with E-state index in [9.17, 15) is 0 Å². The minimum absolute atomic E-state index is 0.451. The lowest BCUT2D eigenvalue weighted by Crippen LogP contribution is -2.50. The topological polar surface area (TPSA) is 27.3 Å². The summed E-state index contributed by atoms with van der Waals surface area (Å²) in [7, 11) is 0. The summed E-state index contributed by atoms with van der Waals surface area (Å²) in [5.41, 5.74) is 2.38. The van der Waals surface area contributed by atoms with Crippen LogP contribution in [0.15, 0.2) is 54.6 Å². The van der Waals surface area contributed by atoms with Crippen LogP contribution in [0.2, 0.25) is 5.02 Å². The molecule has 2 N–H and O–H groups in total. The van der Waals surface area contributed by atoms with Crippen molar-refractivity contribution in [2.75, 3.05) is 5.32 Å². The molecule has 0 amide bonds. The maximum atomic E-state index is 5.93. The summed E-state index contributed by atoms with van der Waals surface area (Å²) in [5.74, 6) is 0. The van der Waals surface area contributed by atoms with Crippen LogP contribution in [0.25, 0.3) is 0 Å². The first kappa shape index (κ1) is 17.8. The molecule has 0 spiro atoms. The van der Waals surface area contributed by atoms with Crippen molar-refractivity contribution in [1.82, 2.24) is 10.2 Å². The zero-order valence-corrected chi connectivity index (χ0v) is 16.3. The van der Waals surface area contributed by atoms with Gasteiger partial charge in [0, 0.05) is 35.4 Å². The van der Waals surface area contributed by atoms with Crippen LogP contribution in [0.3, 0.4) is 0 Å². The minimum Gasteiger partial charge on any atom is -0.360 e. The van der Waals surface area contributed by atoms with Crippen molar-refractivity contribution in [1.29, 1.82) is 0 Å². The van der Waals surface area contributed by atoms with Crippen molar-refractivity contribution < 1.29 is 0 Å². The third-order valence-electron chi connectivity index (χ3n) is 5.53. The molecule has 0 aromatic heterocycles. The Morgan fingerprint density at radius 3 is 2.31 bits per heavy atom. The Labute approximate surface area is 165 Å². The largest absolute Gasteiger partial charge is 0.360 e. The van der Waals surface area contributed by atoms with Crippen LogP contribution < -0.4 is 10.6 Å². The highest BCUT2D eigenvalue weighted by Crippen LogP contribution is 2.36. The summed E-state index contributed by atoms with van der Waals surface area (Å²) < 4.78 is 0. The fourth-order valence-electron chi connectivity index (χ4n) is 4.33. The standard InChI is InChI=1S/C21H24ClN3S/c22-16-6-8-17(9-7-16)23-21(26)24-18-12-19-10-11-20(13-18)25(19)14-15-4-2-1-3-5-15/h1-9,18-20H,10-14H2,(H2,23,24,26)/t18?,19-,20+. The minimum atomic E-state index is 0.451. The van der Waals surface area contributed by atoms with Gasteiger partial charge in [0.1, 0.15) is 0 Å². The normalized spacial score (nSPS) is 25.0. The molecular formula is C21H24ClN3S. The van der Waals surface area contributed by atoms with E-state index >= 15 is 0 Å². The molecule has 0 radical (unpaired) electrons. The van der Waals surface area contributed by atoms with Crippen LogP contribution in [-0.4, -0.2) is 28.1 Å². The number of nitrogens with zero attached hydrogens (tertiary/aromatic N) is 1. The van der Waals surface area contributed by atoms with Gasteiger partial charge in [0.25, 0.3) is 0 Å². The molecule has 2 saturated heterocycles. The molecule has 3 nitrogen and oxygen atoms in total. The highest BCUT2D eigenvalue weighted by molar-refractivity contribution is 7.80. The molecule has 0 saturated carbocycles. The van der Waals surface area contributed by atoms with Gasteiger partial charge in [0.2, 0.25) is 0 Å². The van der Waals surface area contributed by atoms with E-state index in [0.717, 1.165) is 30.1 Å². The molecule has 1 unspecified atom stereocenters. The van der Waals surface area contributed by atoms with Crippen LogP contribution in [0.1, 0.15) is 31.2 Å². The highest BCUT2D eigenvalue weighted by atomic mass is 35.5. The number of halogens is 1. The van der Waals surface area contributed by atoms with Crippen molar-refractivity contribution >= 4 is 34.6 Å². The highest BCUT2D eigenvalue weighted by Gasteiger charge is 2.40. The number of anilines is 1. The van der Waals surface area contributed by atoms with Crippen molar-refractivity contribution in [3.05, 3.63) is 65.2 Å². The van der Waals surface area contributed by atoms with Gasteiger partial charge in [-0.1, -0.05) is 41.9 Å². The predicted molar refractivity (Wildman–Crippen MR) is 113 cm³/mol. The van der Waals surface area contributed by atoms with Gasteiger partial charge < -0.3 is 10.6 Å². The summed E-state index contributed by atoms with van der Waals surface area (Å²) in [6.07, 6.45) is 4.91. The molecule has 2 aliphatic heterocycles. The molecule has 2 aliphatic rings. The summed E-state index contributed by atoms with van der Waals surface area (Å²) >= 11 is 11.4. The van der Waals surface area contributed by atoms with Crippen LogP contribution in [-0.2, 0) is 6.54 Å². The number of fused-ring (bicyclic) bond motifs is 2. The number of hydrogen-bond donors (Lipinski definition) is 2. The van der Waals surface area contributed by atoms with E-state index in [1.807, 2.05) is 24.3 Å². The zero-order chi connectivity index (χ0) is 17.9. The maximum Gasteiger partial charge on any atom is 0.170 e. The number of rotatable bonds is 4. The van der Waals surface area contributed by atoms with Crippen LogP contribution >= 0.6 is 23.8 Å². The quantitative estimate of drug-likeness (QED) is 0.737. The smallest absolute Gasteiger partial charge is 0.170 e.